The molecule has 3 N–H and O–H groups in total. The van der Waals surface area contributed by atoms with Crippen LogP contribution in [0, 0.1) is 11.8 Å². The summed E-state index contributed by atoms with van der Waals surface area (Å²) in [6.45, 7) is 4.03. The Morgan fingerprint density at radius 1 is 1.25 bits per heavy atom. The second-order valence-corrected chi connectivity index (χ2v) is 8.43. The molecule has 0 radical (unpaired) electrons. The molecule has 1 fully saturated rings. The van der Waals surface area contributed by atoms with Gasteiger partial charge < -0.3 is 10.2 Å². The average Bonchev–Trinajstić information content (AvgIpc) is 3.24. The molecular formula is C21H36N4O3. The number of aliphatic hydroxyl groups is 2. The summed E-state index contributed by atoms with van der Waals surface area (Å²) >= 11 is 0. The lowest BCUT2D eigenvalue weighted by Crippen LogP contribution is -2.28. The van der Waals surface area contributed by atoms with Gasteiger partial charge in [0.25, 0.3) is 0 Å². The van der Waals surface area contributed by atoms with E-state index in [0.29, 0.717) is 25.1 Å². The van der Waals surface area contributed by atoms with Crippen molar-refractivity contribution in [3.63, 3.8) is 0 Å². The number of H-pyrrole nitrogens is 1. The summed E-state index contributed by atoms with van der Waals surface area (Å²) in [4.78, 5) is 12.3. The molecule has 7 heteroatoms. The summed E-state index contributed by atoms with van der Waals surface area (Å²) in [6.07, 6.45) is 12.5. The lowest BCUT2D eigenvalue weighted by molar-refractivity contribution is -0.121. The van der Waals surface area contributed by atoms with Gasteiger partial charge in [0.15, 0.2) is 5.82 Å². The quantitative estimate of drug-likeness (QED) is 0.351. The van der Waals surface area contributed by atoms with Crippen molar-refractivity contribution in [3.8, 4) is 0 Å². The van der Waals surface area contributed by atoms with Gasteiger partial charge in [-0.05, 0) is 51.4 Å². The van der Waals surface area contributed by atoms with Crippen LogP contribution in [0.2, 0.25) is 0 Å². The first kappa shape index (κ1) is 22.7. The van der Waals surface area contributed by atoms with Gasteiger partial charge in [0.2, 0.25) is 0 Å². The molecule has 1 saturated carbocycles. The molecule has 1 aromatic rings. The van der Waals surface area contributed by atoms with Crippen LogP contribution in [0.4, 0.5) is 0 Å². The van der Waals surface area contributed by atoms with Crippen LogP contribution in [0.25, 0.3) is 0 Å². The zero-order valence-corrected chi connectivity index (χ0v) is 17.3. The number of allylic oxidation sites excluding steroid dienone is 2. The fraction of sp³-hybridized carbons (Fsp3) is 0.810. The number of carbonyl (C=O) groups excluding carboxylic acids is 1. The van der Waals surface area contributed by atoms with E-state index < -0.39 is 11.7 Å². The van der Waals surface area contributed by atoms with Crippen molar-refractivity contribution < 1.29 is 15.0 Å². The number of nitrogens with one attached hydrogen (secondary N) is 1. The normalized spacial score (nSPS) is 24.9. The number of ketones is 1. The second-order valence-electron chi connectivity index (χ2n) is 8.43. The lowest BCUT2D eigenvalue weighted by Gasteiger charge is -2.27. The van der Waals surface area contributed by atoms with Crippen molar-refractivity contribution in [1.82, 2.24) is 20.6 Å². The Hall–Kier alpha value is -1.60. The van der Waals surface area contributed by atoms with E-state index in [9.17, 15) is 15.0 Å². The Labute approximate surface area is 168 Å². The number of hydrogen-bond donors (Lipinski definition) is 3. The predicted molar refractivity (Wildman–Crippen MR) is 107 cm³/mol. The highest BCUT2D eigenvalue weighted by Crippen LogP contribution is 2.37. The highest BCUT2D eigenvalue weighted by atomic mass is 16.3. The Balaban J connectivity index is 1.75. The molecule has 2 rings (SSSR count). The molecule has 1 aliphatic carbocycles. The maximum atomic E-state index is 12.3. The van der Waals surface area contributed by atoms with Gasteiger partial charge in [-0.25, -0.2) is 0 Å². The summed E-state index contributed by atoms with van der Waals surface area (Å²) in [5.41, 5.74) is -0.712. The van der Waals surface area contributed by atoms with Gasteiger partial charge >= 0.3 is 0 Å². The third-order valence-corrected chi connectivity index (χ3v) is 5.89. The van der Waals surface area contributed by atoms with Gasteiger partial charge in [-0.1, -0.05) is 43.6 Å². The van der Waals surface area contributed by atoms with Crippen molar-refractivity contribution >= 4 is 5.78 Å². The maximum absolute atomic E-state index is 12.3. The van der Waals surface area contributed by atoms with E-state index in [1.807, 2.05) is 6.92 Å². The summed E-state index contributed by atoms with van der Waals surface area (Å²) in [5.74, 6) is 0.692. The highest BCUT2D eigenvalue weighted by Gasteiger charge is 2.41. The summed E-state index contributed by atoms with van der Waals surface area (Å²) in [6, 6.07) is 0. The van der Waals surface area contributed by atoms with Gasteiger partial charge in [-0.3, -0.25) is 4.79 Å². The maximum Gasteiger partial charge on any atom is 0.174 e. The molecule has 0 aliphatic heterocycles. The van der Waals surface area contributed by atoms with Crippen molar-refractivity contribution in [2.45, 2.75) is 96.2 Å². The largest absolute Gasteiger partial charge is 0.392 e. The Morgan fingerprint density at radius 2 is 2.07 bits per heavy atom. The number of carbonyl (C=O) groups is 1. The Bertz CT molecular complexity index is 601. The van der Waals surface area contributed by atoms with E-state index in [2.05, 4.69) is 39.7 Å². The van der Waals surface area contributed by atoms with E-state index in [1.54, 1.807) is 0 Å². The van der Waals surface area contributed by atoms with Crippen LogP contribution in [-0.2, 0) is 11.2 Å². The molecule has 7 nitrogen and oxygen atoms in total. The molecule has 0 aromatic carbocycles. The number of Topliss-reactive ketones (excluding diaryl/α,β-unsaturated/α-hetero) is 1. The Kier molecular flexibility index (Phi) is 9.25. The SMILES string of the molecule is CCCCCC(C)(O)CCC1C(O)CC(=O)C1C/C=C\CCCc1nn[nH]n1. The van der Waals surface area contributed by atoms with Crippen LogP contribution in [0.5, 0.6) is 0 Å². The fourth-order valence-corrected chi connectivity index (χ4v) is 4.10. The second kappa shape index (κ2) is 11.4. The van der Waals surface area contributed by atoms with Crippen LogP contribution in [0.3, 0.4) is 0 Å². The topological polar surface area (TPSA) is 112 Å². The number of rotatable bonds is 13. The van der Waals surface area contributed by atoms with Gasteiger partial charge in [0.1, 0.15) is 5.78 Å². The molecule has 4 unspecified atom stereocenters. The van der Waals surface area contributed by atoms with Gasteiger partial charge in [-0.2, -0.15) is 5.21 Å². The fourth-order valence-electron chi connectivity index (χ4n) is 4.10. The van der Waals surface area contributed by atoms with Crippen LogP contribution < -0.4 is 0 Å². The molecule has 1 aliphatic rings. The van der Waals surface area contributed by atoms with Crippen molar-refractivity contribution in [2.24, 2.45) is 11.8 Å². The minimum atomic E-state index is -0.712. The number of tetrazole rings is 1. The van der Waals surface area contributed by atoms with Gasteiger partial charge in [0.05, 0.1) is 11.7 Å². The molecule has 28 heavy (non-hydrogen) atoms. The van der Waals surface area contributed by atoms with Crippen LogP contribution >= 0.6 is 0 Å². The molecular weight excluding hydrogens is 356 g/mol. The van der Waals surface area contributed by atoms with E-state index in [0.717, 1.165) is 44.9 Å². The molecule has 0 saturated heterocycles. The van der Waals surface area contributed by atoms with E-state index in [4.69, 9.17) is 0 Å². The number of aromatic amines is 1. The third kappa shape index (κ3) is 7.43. The first-order valence-electron chi connectivity index (χ1n) is 10.7. The summed E-state index contributed by atoms with van der Waals surface area (Å²) < 4.78 is 0. The molecule has 0 amide bonds. The van der Waals surface area contributed by atoms with Crippen LogP contribution in [0.1, 0.15) is 83.9 Å². The van der Waals surface area contributed by atoms with Crippen molar-refractivity contribution in [2.75, 3.05) is 0 Å². The average molecular weight is 393 g/mol. The van der Waals surface area contributed by atoms with Crippen molar-refractivity contribution in [1.29, 1.82) is 0 Å². The number of unbranched alkanes of at least 4 members (excludes halogenated alkanes) is 3. The molecule has 0 bridgehead atoms. The first-order valence-corrected chi connectivity index (χ1v) is 10.7. The number of hydrogen-bond acceptors (Lipinski definition) is 6. The van der Waals surface area contributed by atoms with Gasteiger partial charge in [-0.15, -0.1) is 10.2 Å². The zero-order valence-electron chi connectivity index (χ0n) is 17.3. The van der Waals surface area contributed by atoms with E-state index in [1.165, 1.54) is 0 Å². The minimum absolute atomic E-state index is 0.0471. The monoisotopic (exact) mass is 392 g/mol. The highest BCUT2D eigenvalue weighted by molar-refractivity contribution is 5.84. The molecule has 158 valence electrons. The third-order valence-electron chi connectivity index (χ3n) is 5.89. The number of aromatic nitrogens is 4. The van der Waals surface area contributed by atoms with E-state index in [-0.39, 0.29) is 24.0 Å². The summed E-state index contributed by atoms with van der Waals surface area (Å²) in [5, 5.41) is 34.8. The smallest absolute Gasteiger partial charge is 0.174 e. The lowest BCUT2D eigenvalue weighted by atomic mass is 9.83. The number of nitrogens with zero attached hydrogens (tertiary/aromatic N) is 3. The predicted octanol–water partition coefficient (Wildman–Crippen LogP) is 3.15. The van der Waals surface area contributed by atoms with Crippen LogP contribution in [0.15, 0.2) is 12.2 Å². The Morgan fingerprint density at radius 3 is 2.79 bits per heavy atom. The molecule has 1 aromatic heterocycles. The van der Waals surface area contributed by atoms with Crippen LogP contribution in [-0.4, -0.2) is 48.3 Å². The first-order chi connectivity index (χ1) is 13.4. The molecule has 0 spiro atoms. The van der Waals surface area contributed by atoms with Gasteiger partial charge in [0, 0.05) is 18.8 Å². The summed E-state index contributed by atoms with van der Waals surface area (Å²) in [7, 11) is 0. The zero-order chi connectivity index (χ0) is 20.4. The standard InChI is InChI=1S/C21H36N4O3/c1-3-4-9-13-21(2,28)14-12-17-16(18(26)15-19(17)27)10-7-5-6-8-11-20-22-24-25-23-20/h5,7,16-17,19,27-28H,3-4,6,8-15H2,1-2H3,(H,22,23,24,25)/b7-5-. The van der Waals surface area contributed by atoms with E-state index >= 15 is 0 Å². The molecule has 4 atom stereocenters. The van der Waals surface area contributed by atoms with Crippen molar-refractivity contribution in [3.05, 3.63) is 18.0 Å². The number of aliphatic hydroxyl groups excluding tert-OH is 1. The number of aryl methyl sites for hydroxylation is 1. The molecule has 1 heterocycles. The minimum Gasteiger partial charge on any atom is -0.392 e.